The Kier molecular flexibility index (Phi) is 2.98. The summed E-state index contributed by atoms with van der Waals surface area (Å²) in [5.74, 6) is -0.549. The first-order chi connectivity index (χ1) is 11.0. The summed E-state index contributed by atoms with van der Waals surface area (Å²) < 4.78 is 30.5. The highest BCUT2D eigenvalue weighted by atomic mass is 32.1. The van der Waals surface area contributed by atoms with E-state index in [0.29, 0.717) is 15.8 Å². The largest absolute Gasteiger partial charge is 0.264 e. The normalized spacial score (nSPS) is 11.5. The van der Waals surface area contributed by atoms with Crippen LogP contribution in [0, 0.1) is 18.6 Å². The second kappa shape index (κ2) is 4.92. The lowest BCUT2D eigenvalue weighted by Gasteiger charge is -1.99. The van der Waals surface area contributed by atoms with Gasteiger partial charge in [0.05, 0.1) is 11.3 Å². The molecule has 0 spiro atoms. The molecule has 116 valence electrons. The molecule has 4 rings (SSSR count). The average Bonchev–Trinajstić information content (AvgIpc) is 3.15. The third-order valence-electron chi connectivity index (χ3n) is 3.38. The van der Waals surface area contributed by atoms with Gasteiger partial charge in [0.1, 0.15) is 17.3 Å². The SMILES string of the molecule is Cc1cc(-c2nnc3sc(-c4cc(F)ccc4F)nn23)n(C)n1. The van der Waals surface area contributed by atoms with Crippen LogP contribution in [0.4, 0.5) is 8.78 Å². The fourth-order valence-corrected chi connectivity index (χ4v) is 3.22. The minimum atomic E-state index is -0.533. The van der Waals surface area contributed by atoms with E-state index < -0.39 is 11.6 Å². The van der Waals surface area contributed by atoms with Crippen molar-refractivity contribution in [1.82, 2.24) is 29.6 Å². The minimum Gasteiger partial charge on any atom is -0.264 e. The van der Waals surface area contributed by atoms with Crippen LogP contribution in [0.3, 0.4) is 0 Å². The van der Waals surface area contributed by atoms with Crippen molar-refractivity contribution in [3.05, 3.63) is 41.6 Å². The number of halogens is 2. The van der Waals surface area contributed by atoms with E-state index in [1.165, 1.54) is 4.52 Å². The lowest BCUT2D eigenvalue weighted by atomic mass is 10.2. The first kappa shape index (κ1) is 13.9. The van der Waals surface area contributed by atoms with E-state index in [0.717, 1.165) is 40.9 Å². The Balaban J connectivity index is 1.90. The van der Waals surface area contributed by atoms with Crippen molar-refractivity contribution in [1.29, 1.82) is 0 Å². The lowest BCUT2D eigenvalue weighted by molar-refractivity contribution is 0.603. The maximum Gasteiger partial charge on any atom is 0.235 e. The zero-order valence-corrected chi connectivity index (χ0v) is 13.0. The van der Waals surface area contributed by atoms with Gasteiger partial charge >= 0.3 is 0 Å². The van der Waals surface area contributed by atoms with Gasteiger partial charge in [-0.05, 0) is 31.2 Å². The van der Waals surface area contributed by atoms with E-state index in [4.69, 9.17) is 0 Å². The van der Waals surface area contributed by atoms with Gasteiger partial charge in [0, 0.05) is 7.05 Å². The summed E-state index contributed by atoms with van der Waals surface area (Å²) in [6, 6.07) is 5.13. The molecule has 0 aliphatic carbocycles. The topological polar surface area (TPSA) is 60.9 Å². The first-order valence-electron chi connectivity index (χ1n) is 6.71. The maximum atomic E-state index is 13.9. The molecule has 0 amide bonds. The van der Waals surface area contributed by atoms with Crippen molar-refractivity contribution in [2.24, 2.45) is 7.05 Å². The van der Waals surface area contributed by atoms with Gasteiger partial charge in [-0.15, -0.1) is 10.2 Å². The van der Waals surface area contributed by atoms with Crippen molar-refractivity contribution in [3.8, 4) is 22.1 Å². The Bertz CT molecular complexity index is 1030. The molecule has 6 nitrogen and oxygen atoms in total. The Morgan fingerprint density at radius 2 is 1.91 bits per heavy atom. The van der Waals surface area contributed by atoms with Gasteiger partial charge in [0.25, 0.3) is 0 Å². The van der Waals surface area contributed by atoms with E-state index in [9.17, 15) is 8.78 Å². The van der Waals surface area contributed by atoms with Gasteiger partial charge in [-0.2, -0.15) is 14.7 Å². The monoisotopic (exact) mass is 332 g/mol. The molecule has 0 aliphatic rings. The molecular weight excluding hydrogens is 322 g/mol. The number of aryl methyl sites for hydroxylation is 2. The predicted molar refractivity (Wildman–Crippen MR) is 81.0 cm³/mol. The third kappa shape index (κ3) is 2.20. The van der Waals surface area contributed by atoms with Crippen LogP contribution in [0.5, 0.6) is 0 Å². The molecule has 3 aromatic heterocycles. The van der Waals surface area contributed by atoms with Crippen molar-refractivity contribution in [3.63, 3.8) is 0 Å². The molecule has 0 aliphatic heterocycles. The van der Waals surface area contributed by atoms with Crippen LogP contribution in [-0.4, -0.2) is 29.6 Å². The zero-order chi connectivity index (χ0) is 16.1. The quantitative estimate of drug-likeness (QED) is 0.566. The Hall–Kier alpha value is -2.68. The Morgan fingerprint density at radius 3 is 2.65 bits per heavy atom. The summed E-state index contributed by atoms with van der Waals surface area (Å²) in [6.07, 6.45) is 0. The molecule has 0 atom stereocenters. The van der Waals surface area contributed by atoms with Gasteiger partial charge in [-0.3, -0.25) is 4.68 Å². The summed E-state index contributed by atoms with van der Waals surface area (Å²) in [7, 11) is 1.79. The maximum absolute atomic E-state index is 13.9. The van der Waals surface area contributed by atoms with Gasteiger partial charge < -0.3 is 0 Å². The highest BCUT2D eigenvalue weighted by Gasteiger charge is 2.19. The molecule has 0 N–H and O–H groups in total. The molecule has 3 heterocycles. The van der Waals surface area contributed by atoms with Crippen LogP contribution < -0.4 is 0 Å². The van der Waals surface area contributed by atoms with E-state index in [2.05, 4.69) is 20.4 Å². The van der Waals surface area contributed by atoms with Crippen LogP contribution in [0.25, 0.3) is 27.1 Å². The van der Waals surface area contributed by atoms with Crippen LogP contribution in [0.1, 0.15) is 5.69 Å². The smallest absolute Gasteiger partial charge is 0.235 e. The Morgan fingerprint density at radius 1 is 1.09 bits per heavy atom. The van der Waals surface area contributed by atoms with Crippen LogP contribution in [0.2, 0.25) is 0 Å². The van der Waals surface area contributed by atoms with E-state index in [-0.39, 0.29) is 5.56 Å². The number of rotatable bonds is 2. The van der Waals surface area contributed by atoms with Crippen LogP contribution in [0.15, 0.2) is 24.3 Å². The Labute approximate surface area is 133 Å². The fraction of sp³-hybridized carbons (Fsp3) is 0.143. The number of hydrogen-bond acceptors (Lipinski definition) is 5. The molecular formula is C14H10F2N6S. The number of hydrogen-bond donors (Lipinski definition) is 0. The molecule has 0 saturated carbocycles. The zero-order valence-electron chi connectivity index (χ0n) is 12.2. The number of nitrogens with zero attached hydrogens (tertiary/aromatic N) is 6. The van der Waals surface area contributed by atoms with E-state index >= 15 is 0 Å². The summed E-state index contributed by atoms with van der Waals surface area (Å²) >= 11 is 1.14. The minimum absolute atomic E-state index is 0.104. The second-order valence-electron chi connectivity index (χ2n) is 5.04. The average molecular weight is 332 g/mol. The summed E-state index contributed by atoms with van der Waals surface area (Å²) in [6.45, 7) is 1.87. The predicted octanol–water partition coefficient (Wildman–Crippen LogP) is 2.84. The summed E-state index contributed by atoms with van der Waals surface area (Å²) in [5.41, 5.74) is 1.69. The van der Waals surface area contributed by atoms with Gasteiger partial charge in [0.15, 0.2) is 5.01 Å². The van der Waals surface area contributed by atoms with Crippen molar-refractivity contribution in [2.45, 2.75) is 6.92 Å². The molecule has 0 unspecified atom stereocenters. The molecule has 23 heavy (non-hydrogen) atoms. The van der Waals surface area contributed by atoms with Crippen LogP contribution in [-0.2, 0) is 7.05 Å². The van der Waals surface area contributed by atoms with E-state index in [1.54, 1.807) is 11.7 Å². The number of fused-ring (bicyclic) bond motifs is 1. The van der Waals surface area contributed by atoms with Crippen molar-refractivity contribution in [2.75, 3.05) is 0 Å². The van der Waals surface area contributed by atoms with Crippen LogP contribution >= 0.6 is 11.3 Å². The third-order valence-corrected chi connectivity index (χ3v) is 4.31. The number of aromatic nitrogens is 6. The van der Waals surface area contributed by atoms with Gasteiger partial charge in [-0.25, -0.2) is 8.78 Å². The standard InChI is InChI=1S/C14H10F2N6S/c1-7-5-11(21(2)19-7)12-17-18-14-22(12)20-13(23-14)9-6-8(15)3-4-10(9)16/h3-6H,1-2H3. The molecule has 0 radical (unpaired) electrons. The molecule has 0 saturated heterocycles. The highest BCUT2D eigenvalue weighted by molar-refractivity contribution is 7.19. The first-order valence-corrected chi connectivity index (χ1v) is 7.53. The second-order valence-corrected chi connectivity index (χ2v) is 6.00. The molecule has 0 fully saturated rings. The van der Waals surface area contributed by atoms with Crippen molar-refractivity contribution < 1.29 is 8.78 Å². The molecule has 4 aromatic rings. The summed E-state index contributed by atoms with van der Waals surface area (Å²) in [5, 5.41) is 17.1. The van der Waals surface area contributed by atoms with Gasteiger partial charge in [0.2, 0.25) is 10.8 Å². The highest BCUT2D eigenvalue weighted by Crippen LogP contribution is 2.30. The van der Waals surface area contributed by atoms with Gasteiger partial charge in [-0.1, -0.05) is 11.3 Å². The fourth-order valence-electron chi connectivity index (χ4n) is 2.37. The lowest BCUT2D eigenvalue weighted by Crippen LogP contribution is -1.98. The number of benzene rings is 1. The van der Waals surface area contributed by atoms with E-state index in [1.807, 2.05) is 13.0 Å². The molecule has 9 heteroatoms. The summed E-state index contributed by atoms with van der Waals surface area (Å²) in [4.78, 5) is 0.498. The molecule has 0 bridgehead atoms. The van der Waals surface area contributed by atoms with Crippen molar-refractivity contribution >= 4 is 16.3 Å². The molecule has 1 aromatic carbocycles.